The van der Waals surface area contributed by atoms with Gasteiger partial charge in [0.15, 0.2) is 5.78 Å². The molecule has 0 saturated heterocycles. The minimum Gasteiger partial charge on any atom is -0.390 e. The first-order valence-electron chi connectivity index (χ1n) is 9.87. The first-order chi connectivity index (χ1) is 11.2. The van der Waals surface area contributed by atoms with E-state index < -0.39 is 11.7 Å². The van der Waals surface area contributed by atoms with E-state index in [-0.39, 0.29) is 10.8 Å². The summed E-state index contributed by atoms with van der Waals surface area (Å²) in [5.41, 5.74) is 0.489. The van der Waals surface area contributed by atoms with Gasteiger partial charge in [-0.2, -0.15) is 0 Å². The Morgan fingerprint density at radius 3 is 2.50 bits per heavy atom. The molecule has 7 atom stereocenters. The maximum atomic E-state index is 11.9. The van der Waals surface area contributed by atoms with Gasteiger partial charge in [-0.1, -0.05) is 19.4 Å². The zero-order chi connectivity index (χ0) is 17.3. The number of rotatable bonds is 1. The minimum absolute atomic E-state index is 0.162. The van der Waals surface area contributed by atoms with Crippen LogP contribution in [0.1, 0.15) is 72.1 Å². The molecule has 3 heteroatoms. The maximum absolute atomic E-state index is 11.9. The molecule has 0 amide bonds. The maximum Gasteiger partial charge on any atom is 0.155 e. The zero-order valence-electron chi connectivity index (χ0n) is 15.3. The van der Waals surface area contributed by atoms with Crippen molar-refractivity contribution in [2.24, 2.45) is 28.6 Å². The summed E-state index contributed by atoms with van der Waals surface area (Å²) in [5, 5.41) is 21.5. The number of aliphatic hydroxyl groups excluding tert-OH is 1. The molecule has 4 rings (SSSR count). The third kappa shape index (κ3) is 1.94. The van der Waals surface area contributed by atoms with E-state index in [4.69, 9.17) is 0 Å². The lowest BCUT2D eigenvalue weighted by atomic mass is 9.46. The molecule has 0 aromatic heterocycles. The molecule has 0 aliphatic heterocycles. The van der Waals surface area contributed by atoms with Crippen LogP contribution < -0.4 is 0 Å². The molecular weight excluding hydrogens is 300 g/mol. The van der Waals surface area contributed by atoms with E-state index in [9.17, 15) is 15.0 Å². The van der Waals surface area contributed by atoms with Crippen LogP contribution in [0, 0.1) is 28.6 Å². The van der Waals surface area contributed by atoms with Gasteiger partial charge in [-0.05, 0) is 81.1 Å². The topological polar surface area (TPSA) is 57.5 Å². The molecule has 4 unspecified atom stereocenters. The second kappa shape index (κ2) is 5.17. The van der Waals surface area contributed by atoms with Crippen LogP contribution in [0.3, 0.4) is 0 Å². The average Bonchev–Trinajstić information content (AvgIpc) is 2.81. The Balaban J connectivity index is 1.69. The standard InChI is InChI=1S/C21H32O3/c1-13(22)21(24)11-8-18-16-5-4-14-12-15(23)6-9-19(14,2)17(16)7-10-20(18,21)3/h12-13,16-18,22,24H,4-11H2,1-3H3/t13?,16?,17?,18?,19-,20-,21+/m0/s1. The number of hydrogen-bond donors (Lipinski definition) is 2. The molecule has 134 valence electrons. The van der Waals surface area contributed by atoms with Crippen molar-refractivity contribution in [3.63, 3.8) is 0 Å². The van der Waals surface area contributed by atoms with Crippen molar-refractivity contribution in [1.29, 1.82) is 0 Å². The van der Waals surface area contributed by atoms with Crippen LogP contribution in [0.15, 0.2) is 11.6 Å². The van der Waals surface area contributed by atoms with E-state index in [0.29, 0.717) is 30.0 Å². The molecule has 24 heavy (non-hydrogen) atoms. The predicted octanol–water partition coefficient (Wildman–Crippen LogP) is 3.63. The molecule has 0 aromatic carbocycles. The zero-order valence-corrected chi connectivity index (χ0v) is 15.3. The highest BCUT2D eigenvalue weighted by Crippen LogP contribution is 2.67. The van der Waals surface area contributed by atoms with Crippen molar-refractivity contribution in [3.8, 4) is 0 Å². The number of fused-ring (bicyclic) bond motifs is 5. The van der Waals surface area contributed by atoms with E-state index in [1.807, 2.05) is 6.08 Å². The van der Waals surface area contributed by atoms with Crippen LogP contribution in [-0.4, -0.2) is 27.7 Å². The number of carbonyl (C=O) groups is 1. The number of hydrogen-bond acceptors (Lipinski definition) is 3. The van der Waals surface area contributed by atoms with E-state index in [1.54, 1.807) is 6.92 Å². The van der Waals surface area contributed by atoms with E-state index in [0.717, 1.165) is 44.9 Å². The monoisotopic (exact) mass is 332 g/mol. The Hall–Kier alpha value is -0.670. The second-order valence-electron chi connectivity index (χ2n) is 9.56. The normalized spacial score (nSPS) is 52.1. The fourth-order valence-electron chi connectivity index (χ4n) is 7.30. The summed E-state index contributed by atoms with van der Waals surface area (Å²) < 4.78 is 0. The predicted molar refractivity (Wildman–Crippen MR) is 93.3 cm³/mol. The van der Waals surface area contributed by atoms with Gasteiger partial charge in [0.1, 0.15) is 0 Å². The van der Waals surface area contributed by atoms with Gasteiger partial charge in [0.25, 0.3) is 0 Å². The van der Waals surface area contributed by atoms with Crippen molar-refractivity contribution in [2.75, 3.05) is 0 Å². The molecule has 0 heterocycles. The SMILES string of the molecule is CC(O)[C@]1(O)CCC2C3CCC4=CC(=O)CC[C@]4(C)C3CC[C@@]21C. The van der Waals surface area contributed by atoms with Crippen LogP contribution in [0.4, 0.5) is 0 Å². The van der Waals surface area contributed by atoms with Crippen molar-refractivity contribution in [1.82, 2.24) is 0 Å². The minimum atomic E-state index is -0.928. The lowest BCUT2D eigenvalue weighted by molar-refractivity contribution is -0.171. The van der Waals surface area contributed by atoms with Crippen LogP contribution in [0.5, 0.6) is 0 Å². The molecule has 0 aromatic rings. The van der Waals surface area contributed by atoms with Crippen molar-refractivity contribution < 1.29 is 15.0 Å². The van der Waals surface area contributed by atoms with Crippen molar-refractivity contribution in [2.45, 2.75) is 83.8 Å². The van der Waals surface area contributed by atoms with Gasteiger partial charge < -0.3 is 10.2 Å². The summed E-state index contributed by atoms with van der Waals surface area (Å²) in [4.78, 5) is 11.9. The summed E-state index contributed by atoms with van der Waals surface area (Å²) in [6.07, 6.45) is 9.07. The van der Waals surface area contributed by atoms with Gasteiger partial charge in [0.05, 0.1) is 11.7 Å². The van der Waals surface area contributed by atoms with Gasteiger partial charge in [0, 0.05) is 11.8 Å². The van der Waals surface area contributed by atoms with E-state index in [1.165, 1.54) is 5.57 Å². The number of allylic oxidation sites excluding steroid dienone is 1. The van der Waals surface area contributed by atoms with E-state index in [2.05, 4.69) is 13.8 Å². The molecule has 4 aliphatic carbocycles. The molecular formula is C21H32O3. The van der Waals surface area contributed by atoms with Gasteiger partial charge in [-0.15, -0.1) is 0 Å². The fourth-order valence-corrected chi connectivity index (χ4v) is 7.30. The van der Waals surface area contributed by atoms with Crippen LogP contribution in [0.25, 0.3) is 0 Å². The summed E-state index contributed by atoms with van der Waals surface area (Å²) in [6.45, 7) is 6.38. The molecule has 0 radical (unpaired) electrons. The summed E-state index contributed by atoms with van der Waals surface area (Å²) >= 11 is 0. The Labute approximate surface area is 145 Å². The smallest absolute Gasteiger partial charge is 0.155 e. The third-order valence-electron chi connectivity index (χ3n) is 8.87. The highest BCUT2D eigenvalue weighted by Gasteiger charge is 2.65. The Bertz CT molecular complexity index is 594. The molecule has 0 spiro atoms. The molecule has 0 bridgehead atoms. The van der Waals surface area contributed by atoms with Crippen molar-refractivity contribution >= 4 is 5.78 Å². The van der Waals surface area contributed by atoms with E-state index >= 15 is 0 Å². The lowest BCUT2D eigenvalue weighted by Crippen LogP contribution is -2.58. The highest BCUT2D eigenvalue weighted by molar-refractivity contribution is 5.91. The molecule has 2 N–H and O–H groups in total. The molecule has 3 saturated carbocycles. The first-order valence-corrected chi connectivity index (χ1v) is 9.87. The summed E-state index contributed by atoms with van der Waals surface area (Å²) in [7, 11) is 0. The van der Waals surface area contributed by atoms with Gasteiger partial charge in [0.2, 0.25) is 0 Å². The Kier molecular flexibility index (Phi) is 3.61. The third-order valence-corrected chi connectivity index (χ3v) is 8.87. The Morgan fingerprint density at radius 2 is 1.79 bits per heavy atom. The van der Waals surface area contributed by atoms with Crippen molar-refractivity contribution in [3.05, 3.63) is 11.6 Å². The highest BCUT2D eigenvalue weighted by atomic mass is 16.3. The molecule has 4 aliphatic rings. The Morgan fingerprint density at radius 1 is 1.08 bits per heavy atom. The second-order valence-corrected chi connectivity index (χ2v) is 9.56. The largest absolute Gasteiger partial charge is 0.390 e. The number of carbonyl (C=O) groups excluding carboxylic acids is 1. The van der Waals surface area contributed by atoms with Crippen LogP contribution in [0.2, 0.25) is 0 Å². The quantitative estimate of drug-likeness (QED) is 0.771. The number of aliphatic hydroxyl groups is 2. The van der Waals surface area contributed by atoms with Gasteiger partial charge in [-0.25, -0.2) is 0 Å². The number of ketones is 1. The molecule has 3 fully saturated rings. The summed E-state index contributed by atoms with van der Waals surface area (Å²) in [6, 6.07) is 0. The average molecular weight is 332 g/mol. The van der Waals surface area contributed by atoms with Gasteiger partial charge >= 0.3 is 0 Å². The van der Waals surface area contributed by atoms with Crippen LogP contribution in [-0.2, 0) is 4.79 Å². The summed E-state index contributed by atoms with van der Waals surface area (Å²) in [5.74, 6) is 2.09. The van der Waals surface area contributed by atoms with Crippen LogP contribution >= 0.6 is 0 Å². The lowest BCUT2D eigenvalue weighted by Gasteiger charge is -2.59. The first kappa shape index (κ1) is 16.8. The van der Waals surface area contributed by atoms with Gasteiger partial charge in [-0.3, -0.25) is 4.79 Å². The molecule has 3 nitrogen and oxygen atoms in total. The fraction of sp³-hybridized carbons (Fsp3) is 0.857.